The number of alkyl halides is 2. The predicted octanol–water partition coefficient (Wildman–Crippen LogP) is 2.92. The second kappa shape index (κ2) is 12.2. The van der Waals surface area contributed by atoms with Crippen molar-refractivity contribution in [2.45, 2.75) is 26.7 Å². The zero-order valence-corrected chi connectivity index (χ0v) is 21.3. The van der Waals surface area contributed by atoms with Crippen LogP contribution in [0.5, 0.6) is 17.4 Å². The van der Waals surface area contributed by atoms with E-state index in [9.17, 15) is 17.5 Å². The number of hydrogen-bond acceptors (Lipinski definition) is 10. The van der Waals surface area contributed by atoms with E-state index in [4.69, 9.17) is 14.2 Å². The minimum Gasteiger partial charge on any atom is -0.760 e. The van der Waals surface area contributed by atoms with Crippen molar-refractivity contribution in [1.29, 1.82) is 0 Å². The minimum atomic E-state index is -3.07. The molecule has 0 fully saturated rings. The van der Waals surface area contributed by atoms with E-state index in [1.165, 1.54) is 14.2 Å². The van der Waals surface area contributed by atoms with Gasteiger partial charge in [0.1, 0.15) is 22.9 Å². The molecule has 3 heterocycles. The summed E-state index contributed by atoms with van der Waals surface area (Å²) in [7, 11) is 2.96. The topological polar surface area (TPSA) is 146 Å². The molecule has 0 aliphatic carbocycles. The lowest BCUT2D eigenvalue weighted by atomic mass is 10.2. The van der Waals surface area contributed by atoms with Crippen molar-refractivity contribution in [3.05, 3.63) is 47.8 Å². The Morgan fingerprint density at radius 2 is 1.74 bits per heavy atom. The number of benzene rings is 1. The van der Waals surface area contributed by atoms with E-state index in [0.29, 0.717) is 35.4 Å². The van der Waals surface area contributed by atoms with Gasteiger partial charge in [-0.2, -0.15) is 8.78 Å². The monoisotopic (exact) mass is 549 g/mol. The molecular weight excluding hydrogens is 526 g/mol. The summed E-state index contributed by atoms with van der Waals surface area (Å²) in [5.74, 6) is 1.42. The van der Waals surface area contributed by atoms with Crippen LogP contribution in [0.3, 0.4) is 0 Å². The third-order valence-electron chi connectivity index (χ3n) is 5.22. The van der Waals surface area contributed by atoms with Gasteiger partial charge in [-0.1, -0.05) is 12.1 Å². The van der Waals surface area contributed by atoms with Crippen molar-refractivity contribution >= 4 is 22.6 Å². The lowest BCUT2D eigenvalue weighted by Gasteiger charge is -2.17. The highest BCUT2D eigenvalue weighted by Gasteiger charge is 2.25. The van der Waals surface area contributed by atoms with Gasteiger partial charge in [-0.3, -0.25) is 8.78 Å². The lowest BCUT2D eigenvalue weighted by Crippen LogP contribution is -2.19. The number of aromatic nitrogens is 5. The van der Waals surface area contributed by atoms with Gasteiger partial charge in [-0.15, -0.1) is 0 Å². The number of fused-ring (bicyclic) bond motifs is 1. The van der Waals surface area contributed by atoms with Gasteiger partial charge in [-0.25, -0.2) is 24.7 Å². The summed E-state index contributed by atoms with van der Waals surface area (Å²) < 4.78 is 72.9. The lowest BCUT2D eigenvalue weighted by molar-refractivity contribution is -0.138. The molecule has 1 atom stereocenters. The van der Waals surface area contributed by atoms with Crippen LogP contribution in [0.2, 0.25) is 0 Å². The summed E-state index contributed by atoms with van der Waals surface area (Å²) in [5.41, 5.74) is 1.07. The highest BCUT2D eigenvalue weighted by Crippen LogP contribution is 2.38. The predicted molar refractivity (Wildman–Crippen MR) is 131 cm³/mol. The SMILES string of the molecule is CCOc1cccc(-c2nc3nc(COC(F)F)c(CNS(=O)[O-])nc3n2-c2c(OC)cccc2OC)n1. The first-order valence-corrected chi connectivity index (χ1v) is 12.3. The molecule has 0 aliphatic heterocycles. The number of pyridine rings is 1. The Balaban J connectivity index is 2.04. The first-order chi connectivity index (χ1) is 18.4. The van der Waals surface area contributed by atoms with Crippen molar-refractivity contribution < 1.29 is 36.5 Å². The van der Waals surface area contributed by atoms with E-state index < -0.39 is 24.5 Å². The van der Waals surface area contributed by atoms with Gasteiger partial charge in [0, 0.05) is 17.3 Å². The van der Waals surface area contributed by atoms with Crippen LogP contribution >= 0.6 is 0 Å². The standard InChI is InChI=1S/C23H24F2N6O6S/c1-4-36-18-10-5-7-13(27-18)21-30-20-22(31(21)19-16(34-2)8-6-9-17(19)35-3)29-14(11-26-38(32)33)15(28-20)12-37-23(24)25/h5-10,23,26H,4,11-12H2,1-3H3,(H,32,33)/p-1. The highest BCUT2D eigenvalue weighted by atomic mass is 32.2. The molecule has 4 aromatic rings. The van der Waals surface area contributed by atoms with Crippen LogP contribution in [-0.4, -0.2) is 60.7 Å². The first kappa shape index (κ1) is 27.3. The molecule has 38 heavy (non-hydrogen) atoms. The fourth-order valence-electron chi connectivity index (χ4n) is 3.69. The number of halogens is 2. The minimum absolute atomic E-state index is 0.0185. The van der Waals surface area contributed by atoms with Gasteiger partial charge in [0.2, 0.25) is 5.88 Å². The largest absolute Gasteiger partial charge is 0.760 e. The van der Waals surface area contributed by atoms with Gasteiger partial charge < -0.3 is 23.5 Å². The average Bonchev–Trinajstić information content (AvgIpc) is 3.27. The Kier molecular flexibility index (Phi) is 8.73. The Labute approximate surface area is 218 Å². The maximum absolute atomic E-state index is 12.8. The summed E-state index contributed by atoms with van der Waals surface area (Å²) in [6.45, 7) is -1.81. The van der Waals surface area contributed by atoms with Crippen LogP contribution in [0.1, 0.15) is 18.3 Å². The quantitative estimate of drug-likeness (QED) is 0.262. The molecule has 0 amide bonds. The molecule has 1 aromatic carbocycles. The molecule has 0 bridgehead atoms. The fourth-order valence-corrected chi connectivity index (χ4v) is 3.94. The van der Waals surface area contributed by atoms with Crippen LogP contribution in [0, 0.1) is 0 Å². The molecular formula is C23H23F2N6O6S-. The molecule has 0 saturated heterocycles. The van der Waals surface area contributed by atoms with E-state index in [0.717, 1.165) is 0 Å². The van der Waals surface area contributed by atoms with Crippen LogP contribution < -0.4 is 18.9 Å². The maximum atomic E-state index is 12.8. The first-order valence-electron chi connectivity index (χ1n) is 11.2. The van der Waals surface area contributed by atoms with Crippen LogP contribution in [-0.2, 0) is 29.2 Å². The number of methoxy groups -OCH3 is 2. The second-order valence-electron chi connectivity index (χ2n) is 7.47. The Hall–Kier alpha value is -3.79. The smallest absolute Gasteiger partial charge is 0.345 e. The molecule has 12 nitrogen and oxygen atoms in total. The van der Waals surface area contributed by atoms with Crippen molar-refractivity contribution in [3.63, 3.8) is 0 Å². The summed E-state index contributed by atoms with van der Waals surface area (Å²) >= 11 is -2.64. The number of nitrogens with one attached hydrogen (secondary N) is 1. The summed E-state index contributed by atoms with van der Waals surface area (Å²) in [5, 5.41) is 0. The molecule has 3 aromatic heterocycles. The highest BCUT2D eigenvalue weighted by molar-refractivity contribution is 7.77. The van der Waals surface area contributed by atoms with Crippen molar-refractivity contribution in [2.75, 3.05) is 20.8 Å². The van der Waals surface area contributed by atoms with Gasteiger partial charge >= 0.3 is 6.61 Å². The van der Waals surface area contributed by atoms with Crippen molar-refractivity contribution in [2.24, 2.45) is 0 Å². The third kappa shape index (κ3) is 5.85. The van der Waals surface area contributed by atoms with E-state index in [-0.39, 0.29) is 35.1 Å². The molecule has 4 rings (SSSR count). The van der Waals surface area contributed by atoms with Crippen LogP contribution in [0.25, 0.3) is 28.5 Å². The molecule has 1 unspecified atom stereocenters. The normalized spacial score (nSPS) is 12.2. The van der Waals surface area contributed by atoms with Gasteiger partial charge in [0.05, 0.1) is 45.4 Å². The Bertz CT molecular complexity index is 1430. The summed E-state index contributed by atoms with van der Waals surface area (Å²) in [6.07, 6.45) is 0. The van der Waals surface area contributed by atoms with E-state index >= 15 is 0 Å². The molecule has 0 spiro atoms. The third-order valence-corrected chi connectivity index (χ3v) is 5.60. The van der Waals surface area contributed by atoms with E-state index in [2.05, 4.69) is 29.4 Å². The average molecular weight is 550 g/mol. The zero-order chi connectivity index (χ0) is 27.2. The van der Waals surface area contributed by atoms with Gasteiger partial charge in [0.15, 0.2) is 17.1 Å². The van der Waals surface area contributed by atoms with E-state index in [1.54, 1.807) is 41.0 Å². The number of para-hydroxylation sites is 1. The molecule has 0 radical (unpaired) electrons. The van der Waals surface area contributed by atoms with Gasteiger partial charge in [0.25, 0.3) is 0 Å². The zero-order valence-electron chi connectivity index (χ0n) is 20.5. The second-order valence-corrected chi connectivity index (χ2v) is 8.23. The molecule has 0 saturated carbocycles. The van der Waals surface area contributed by atoms with Crippen LogP contribution in [0.15, 0.2) is 36.4 Å². The number of ether oxygens (including phenoxy) is 4. The van der Waals surface area contributed by atoms with E-state index in [1.807, 2.05) is 6.92 Å². The van der Waals surface area contributed by atoms with Crippen LogP contribution in [0.4, 0.5) is 8.78 Å². The Morgan fingerprint density at radius 3 is 2.37 bits per heavy atom. The van der Waals surface area contributed by atoms with Crippen molar-refractivity contribution in [3.8, 4) is 34.6 Å². The van der Waals surface area contributed by atoms with Crippen molar-refractivity contribution in [1.82, 2.24) is 29.2 Å². The molecule has 0 aliphatic rings. The molecule has 202 valence electrons. The Morgan fingerprint density at radius 1 is 1.03 bits per heavy atom. The fraction of sp³-hybridized carbons (Fsp3) is 0.304. The number of nitrogens with zero attached hydrogens (tertiary/aromatic N) is 5. The maximum Gasteiger partial charge on any atom is 0.345 e. The molecule has 15 heteroatoms. The number of imidazole rings is 1. The summed E-state index contributed by atoms with van der Waals surface area (Å²) in [4.78, 5) is 18.1. The number of rotatable bonds is 12. The number of hydrogen-bond donors (Lipinski definition) is 1. The van der Waals surface area contributed by atoms with Gasteiger partial charge in [-0.05, 0) is 25.1 Å². The summed E-state index contributed by atoms with van der Waals surface area (Å²) in [6, 6.07) is 10.3. The molecule has 1 N–H and O–H groups in total.